The fraction of sp³-hybridized carbons (Fsp3) is 0.333. The van der Waals surface area contributed by atoms with Gasteiger partial charge in [-0.05, 0) is 20.1 Å². The van der Waals surface area contributed by atoms with Crippen LogP contribution in [0.1, 0.15) is 11.3 Å². The zero-order valence-corrected chi connectivity index (χ0v) is 8.99. The average molecular weight is 210 g/mol. The van der Waals surface area contributed by atoms with Crippen LogP contribution >= 0.6 is 11.8 Å². The monoisotopic (exact) mass is 210 g/mol. The highest BCUT2D eigenvalue weighted by atomic mass is 32.2. The fourth-order valence-corrected chi connectivity index (χ4v) is 1.70. The maximum atomic E-state index is 11.6. The van der Waals surface area contributed by atoms with Crippen LogP contribution in [0.5, 0.6) is 0 Å². The lowest BCUT2D eigenvalue weighted by atomic mass is 10.2. The number of fused-ring (bicyclic) bond motifs is 1. The van der Waals surface area contributed by atoms with Crippen molar-refractivity contribution in [3.8, 4) is 0 Å². The number of furan rings is 1. The summed E-state index contributed by atoms with van der Waals surface area (Å²) in [6.45, 7) is 3.69. The van der Waals surface area contributed by atoms with E-state index in [1.165, 1.54) is 11.8 Å². The lowest BCUT2D eigenvalue weighted by Crippen LogP contribution is -2.08. The van der Waals surface area contributed by atoms with Crippen molar-refractivity contribution >= 4 is 22.9 Å². The third-order valence-corrected chi connectivity index (χ3v) is 2.79. The molecule has 0 radical (unpaired) electrons. The highest BCUT2D eigenvalue weighted by Crippen LogP contribution is 2.20. The van der Waals surface area contributed by atoms with Crippen molar-refractivity contribution in [2.75, 3.05) is 6.26 Å². The Morgan fingerprint density at radius 1 is 1.43 bits per heavy atom. The molecule has 1 N–H and O–H groups in total. The second-order valence-corrected chi connectivity index (χ2v) is 3.83. The van der Waals surface area contributed by atoms with Gasteiger partial charge in [0.15, 0.2) is 5.16 Å². The lowest BCUT2D eigenvalue weighted by Gasteiger charge is -1.93. The number of H-pyrrole nitrogens is 1. The van der Waals surface area contributed by atoms with E-state index in [0.29, 0.717) is 16.3 Å². The zero-order valence-electron chi connectivity index (χ0n) is 8.17. The summed E-state index contributed by atoms with van der Waals surface area (Å²) in [5.74, 6) is 0.747. The van der Waals surface area contributed by atoms with E-state index in [1.54, 1.807) is 0 Å². The van der Waals surface area contributed by atoms with Gasteiger partial charge in [0.2, 0.25) is 5.71 Å². The van der Waals surface area contributed by atoms with Crippen LogP contribution in [0.3, 0.4) is 0 Å². The number of aromatic nitrogens is 2. The quantitative estimate of drug-likeness (QED) is 0.576. The summed E-state index contributed by atoms with van der Waals surface area (Å²) in [7, 11) is 0. The summed E-state index contributed by atoms with van der Waals surface area (Å²) >= 11 is 1.39. The summed E-state index contributed by atoms with van der Waals surface area (Å²) < 4.78 is 5.38. The van der Waals surface area contributed by atoms with Gasteiger partial charge in [0.25, 0.3) is 5.56 Å². The molecule has 0 amide bonds. The highest BCUT2D eigenvalue weighted by molar-refractivity contribution is 7.98. The van der Waals surface area contributed by atoms with Crippen molar-refractivity contribution in [3.05, 3.63) is 21.7 Å². The van der Waals surface area contributed by atoms with E-state index in [4.69, 9.17) is 4.42 Å². The minimum atomic E-state index is -0.131. The summed E-state index contributed by atoms with van der Waals surface area (Å²) in [5.41, 5.74) is 1.16. The fourth-order valence-electron chi connectivity index (χ4n) is 1.33. The Bertz CT molecular complexity index is 541. The Morgan fingerprint density at radius 2 is 2.14 bits per heavy atom. The Balaban J connectivity index is 2.90. The normalized spacial score (nSPS) is 11.1. The molecule has 0 fully saturated rings. The minimum Gasteiger partial charge on any atom is -0.442 e. The van der Waals surface area contributed by atoms with Gasteiger partial charge < -0.3 is 9.40 Å². The van der Waals surface area contributed by atoms with Crippen LogP contribution < -0.4 is 5.56 Å². The van der Waals surface area contributed by atoms with E-state index in [9.17, 15) is 4.79 Å². The highest BCUT2D eigenvalue weighted by Gasteiger charge is 2.12. The molecular formula is C9H10N2O2S. The van der Waals surface area contributed by atoms with Gasteiger partial charge in [-0.1, -0.05) is 11.8 Å². The summed E-state index contributed by atoms with van der Waals surface area (Å²) in [6, 6.07) is 0. The number of nitrogens with one attached hydrogen (secondary N) is 1. The lowest BCUT2D eigenvalue weighted by molar-refractivity contribution is 0.559. The van der Waals surface area contributed by atoms with Crippen LogP contribution in [0, 0.1) is 13.8 Å². The smallest absolute Gasteiger partial charge is 0.263 e. The molecule has 2 heterocycles. The van der Waals surface area contributed by atoms with E-state index in [2.05, 4.69) is 9.97 Å². The first-order valence-corrected chi connectivity index (χ1v) is 5.40. The van der Waals surface area contributed by atoms with E-state index in [1.807, 2.05) is 20.1 Å². The van der Waals surface area contributed by atoms with Gasteiger partial charge in [0, 0.05) is 5.56 Å². The van der Waals surface area contributed by atoms with Gasteiger partial charge in [-0.3, -0.25) is 4.79 Å². The van der Waals surface area contributed by atoms with Gasteiger partial charge >= 0.3 is 0 Å². The number of aryl methyl sites for hydroxylation is 2. The topological polar surface area (TPSA) is 58.9 Å². The third-order valence-electron chi connectivity index (χ3n) is 2.21. The van der Waals surface area contributed by atoms with Crippen molar-refractivity contribution < 1.29 is 4.42 Å². The number of hydrogen-bond acceptors (Lipinski definition) is 4. The first kappa shape index (κ1) is 9.33. The van der Waals surface area contributed by atoms with Crippen molar-refractivity contribution in [1.82, 2.24) is 9.97 Å². The second-order valence-electron chi connectivity index (χ2n) is 3.04. The molecule has 0 aliphatic carbocycles. The van der Waals surface area contributed by atoms with Crippen LogP contribution in [-0.4, -0.2) is 16.2 Å². The first-order valence-electron chi connectivity index (χ1n) is 4.17. The summed E-state index contributed by atoms with van der Waals surface area (Å²) in [4.78, 5) is 18.5. The second kappa shape index (κ2) is 3.16. The Hall–Kier alpha value is -1.23. The van der Waals surface area contributed by atoms with E-state index in [-0.39, 0.29) is 5.56 Å². The van der Waals surface area contributed by atoms with Gasteiger partial charge in [0.05, 0.1) is 0 Å². The molecule has 0 spiro atoms. The average Bonchev–Trinajstić information content (AvgIpc) is 2.43. The predicted octanol–water partition coefficient (Wildman–Crippen LogP) is 1.85. The molecule has 2 aromatic rings. The largest absolute Gasteiger partial charge is 0.442 e. The maximum absolute atomic E-state index is 11.6. The number of thioether (sulfide) groups is 1. The van der Waals surface area contributed by atoms with E-state index < -0.39 is 0 Å². The standard InChI is InChI=1S/C9H10N2O2S/c1-4-5(2)13-8-6(4)7(12)10-9(11-8)14-3/h1-3H3,(H,10,11,12). The molecule has 14 heavy (non-hydrogen) atoms. The molecule has 0 saturated carbocycles. The Morgan fingerprint density at radius 3 is 2.79 bits per heavy atom. The number of rotatable bonds is 1. The number of aromatic amines is 1. The first-order chi connectivity index (χ1) is 6.63. The van der Waals surface area contributed by atoms with Crippen LogP contribution in [0.15, 0.2) is 14.4 Å². The minimum absolute atomic E-state index is 0.131. The van der Waals surface area contributed by atoms with Crippen LogP contribution in [0.4, 0.5) is 0 Å². The van der Waals surface area contributed by atoms with Crippen molar-refractivity contribution in [1.29, 1.82) is 0 Å². The molecule has 4 nitrogen and oxygen atoms in total. The predicted molar refractivity (Wildman–Crippen MR) is 55.9 cm³/mol. The Kier molecular flexibility index (Phi) is 2.11. The molecule has 0 saturated heterocycles. The molecule has 0 unspecified atom stereocenters. The molecule has 0 atom stereocenters. The summed E-state index contributed by atoms with van der Waals surface area (Å²) in [6.07, 6.45) is 1.85. The number of hydrogen-bond donors (Lipinski definition) is 1. The third kappa shape index (κ3) is 1.24. The van der Waals surface area contributed by atoms with E-state index >= 15 is 0 Å². The number of nitrogens with zero attached hydrogens (tertiary/aromatic N) is 1. The molecule has 2 rings (SSSR count). The maximum Gasteiger partial charge on any atom is 0.263 e. The molecule has 74 valence electrons. The van der Waals surface area contributed by atoms with Crippen LogP contribution in [0.25, 0.3) is 11.1 Å². The van der Waals surface area contributed by atoms with Gasteiger partial charge in [0.1, 0.15) is 11.1 Å². The van der Waals surface area contributed by atoms with Crippen molar-refractivity contribution in [2.45, 2.75) is 19.0 Å². The molecule has 5 heteroatoms. The molecule has 0 bridgehead atoms. The molecule has 0 aliphatic heterocycles. The van der Waals surface area contributed by atoms with E-state index in [0.717, 1.165) is 11.3 Å². The molecule has 0 aromatic carbocycles. The molecular weight excluding hydrogens is 200 g/mol. The van der Waals surface area contributed by atoms with Crippen LogP contribution in [-0.2, 0) is 0 Å². The molecule has 0 aliphatic rings. The SMILES string of the molecule is CSc1nc2oc(C)c(C)c2c(=O)[nH]1. The van der Waals surface area contributed by atoms with Crippen molar-refractivity contribution in [3.63, 3.8) is 0 Å². The zero-order chi connectivity index (χ0) is 10.3. The van der Waals surface area contributed by atoms with Crippen molar-refractivity contribution in [2.24, 2.45) is 0 Å². The van der Waals surface area contributed by atoms with Gasteiger partial charge in [-0.2, -0.15) is 4.98 Å². The summed E-state index contributed by atoms with van der Waals surface area (Å²) in [5, 5.41) is 1.14. The van der Waals surface area contributed by atoms with Crippen LogP contribution in [0.2, 0.25) is 0 Å². The van der Waals surface area contributed by atoms with Gasteiger partial charge in [-0.15, -0.1) is 0 Å². The van der Waals surface area contributed by atoms with Gasteiger partial charge in [-0.25, -0.2) is 0 Å². The molecule has 2 aromatic heterocycles. The Labute approximate surface area is 84.7 Å².